The number of hydrogen-bond acceptors (Lipinski definition) is 8. The van der Waals surface area contributed by atoms with Gasteiger partial charge in [0.25, 0.3) is 11.8 Å². The monoisotopic (exact) mass is 486 g/mol. The molecule has 0 radical (unpaired) electrons. The molecule has 34 heavy (non-hydrogen) atoms. The fourth-order valence-electron chi connectivity index (χ4n) is 4.02. The van der Waals surface area contributed by atoms with Crippen molar-refractivity contribution in [1.82, 2.24) is 14.8 Å². The molecule has 1 aromatic heterocycles. The topological polar surface area (TPSA) is 126 Å². The minimum atomic E-state index is -0.762. The second kappa shape index (κ2) is 10.8. The van der Waals surface area contributed by atoms with E-state index in [9.17, 15) is 19.5 Å². The normalized spacial score (nSPS) is 16.0. The first-order valence-corrected chi connectivity index (χ1v) is 12.0. The summed E-state index contributed by atoms with van der Waals surface area (Å²) < 4.78 is 5.33. The van der Waals surface area contributed by atoms with E-state index in [1.807, 2.05) is 13.8 Å². The zero-order valence-electron chi connectivity index (χ0n) is 19.8. The molecule has 0 aliphatic carbocycles. The highest BCUT2D eigenvalue weighted by atomic mass is 32.1. The second-order valence-corrected chi connectivity index (χ2v) is 9.19. The van der Waals surface area contributed by atoms with E-state index in [1.165, 1.54) is 16.2 Å². The summed E-state index contributed by atoms with van der Waals surface area (Å²) in [6.07, 6.45) is 0. The van der Waals surface area contributed by atoms with Crippen LogP contribution in [0.2, 0.25) is 0 Å². The van der Waals surface area contributed by atoms with Gasteiger partial charge in [-0.2, -0.15) is 0 Å². The largest absolute Gasteiger partial charge is 0.503 e. The molecule has 2 amide bonds. The van der Waals surface area contributed by atoms with Gasteiger partial charge in [0.2, 0.25) is 5.78 Å². The van der Waals surface area contributed by atoms with Gasteiger partial charge in [-0.05, 0) is 44.6 Å². The van der Waals surface area contributed by atoms with E-state index in [2.05, 4.69) is 9.88 Å². The molecule has 1 atom stereocenters. The summed E-state index contributed by atoms with van der Waals surface area (Å²) in [6, 6.07) is 5.96. The Bertz CT molecular complexity index is 1110. The molecule has 1 aliphatic rings. The Labute approximate surface area is 202 Å². The minimum absolute atomic E-state index is 0.0436. The van der Waals surface area contributed by atoms with Gasteiger partial charge >= 0.3 is 0 Å². The molecule has 0 saturated heterocycles. The molecule has 182 valence electrons. The number of aliphatic hydroxyl groups is 1. The number of amides is 2. The van der Waals surface area contributed by atoms with E-state index >= 15 is 0 Å². The Morgan fingerprint density at radius 1 is 1.21 bits per heavy atom. The lowest BCUT2D eigenvalue weighted by atomic mass is 9.95. The molecule has 0 spiro atoms. The number of primary amides is 1. The Hall–Kier alpha value is -3.24. The van der Waals surface area contributed by atoms with Gasteiger partial charge in [-0.15, -0.1) is 11.3 Å². The average molecular weight is 487 g/mol. The van der Waals surface area contributed by atoms with Gasteiger partial charge in [0.1, 0.15) is 5.75 Å². The van der Waals surface area contributed by atoms with E-state index in [0.29, 0.717) is 35.0 Å². The van der Waals surface area contributed by atoms with Gasteiger partial charge < -0.3 is 25.4 Å². The number of Topliss-reactive ketones (excluding diaryl/α,β-unsaturated/α-hetero) is 1. The SMILES string of the molecule is CCN(CC)CCN1C(=O)C(O)=C(C(=O)c2sc(C)nc2C)C1c1ccc(OCC(N)=O)cc1. The fourth-order valence-corrected chi connectivity index (χ4v) is 4.89. The lowest BCUT2D eigenvalue weighted by molar-refractivity contribution is -0.129. The molecular weight excluding hydrogens is 456 g/mol. The van der Waals surface area contributed by atoms with Crippen molar-refractivity contribution in [3.8, 4) is 5.75 Å². The van der Waals surface area contributed by atoms with Crippen LogP contribution < -0.4 is 10.5 Å². The lowest BCUT2D eigenvalue weighted by Crippen LogP contribution is -2.38. The minimum Gasteiger partial charge on any atom is -0.503 e. The number of ether oxygens (including phenoxy) is 1. The van der Waals surface area contributed by atoms with Gasteiger partial charge in [-0.25, -0.2) is 4.98 Å². The second-order valence-electron chi connectivity index (χ2n) is 7.99. The molecule has 10 heteroatoms. The molecule has 2 aromatic rings. The molecule has 2 heterocycles. The molecule has 3 rings (SSSR count). The van der Waals surface area contributed by atoms with Gasteiger partial charge in [0.05, 0.1) is 27.2 Å². The summed E-state index contributed by atoms with van der Waals surface area (Å²) in [6.45, 7) is 9.94. The van der Waals surface area contributed by atoms with Crippen molar-refractivity contribution in [2.24, 2.45) is 5.73 Å². The number of likely N-dealkylation sites (N-methyl/N-ethyl adjacent to an activating group) is 1. The zero-order chi connectivity index (χ0) is 25.0. The molecule has 3 N–H and O–H groups in total. The van der Waals surface area contributed by atoms with E-state index in [4.69, 9.17) is 10.5 Å². The summed E-state index contributed by atoms with van der Waals surface area (Å²) in [5.74, 6) is -1.68. The maximum Gasteiger partial charge on any atom is 0.290 e. The van der Waals surface area contributed by atoms with Crippen LogP contribution >= 0.6 is 11.3 Å². The van der Waals surface area contributed by atoms with Crippen LogP contribution in [0, 0.1) is 13.8 Å². The van der Waals surface area contributed by atoms with E-state index in [-0.39, 0.29) is 12.2 Å². The fraction of sp³-hybridized carbons (Fsp3) is 0.417. The van der Waals surface area contributed by atoms with Crippen LogP contribution in [0.4, 0.5) is 0 Å². The number of carbonyl (C=O) groups is 3. The Morgan fingerprint density at radius 3 is 2.38 bits per heavy atom. The highest BCUT2D eigenvalue weighted by molar-refractivity contribution is 7.14. The van der Waals surface area contributed by atoms with Crippen molar-refractivity contribution in [1.29, 1.82) is 0 Å². The molecule has 0 bridgehead atoms. The molecule has 0 saturated carbocycles. The van der Waals surface area contributed by atoms with Crippen LogP contribution in [0.1, 0.15) is 45.8 Å². The number of nitrogens with zero attached hydrogens (tertiary/aromatic N) is 3. The third-order valence-corrected chi connectivity index (χ3v) is 6.86. The molecule has 1 unspecified atom stereocenters. The number of carbonyl (C=O) groups excluding carboxylic acids is 3. The number of aryl methyl sites for hydroxylation is 2. The smallest absolute Gasteiger partial charge is 0.290 e. The maximum atomic E-state index is 13.5. The van der Waals surface area contributed by atoms with Gasteiger partial charge in [0.15, 0.2) is 12.4 Å². The predicted octanol–water partition coefficient (Wildman–Crippen LogP) is 2.54. The summed E-state index contributed by atoms with van der Waals surface area (Å²) in [4.78, 5) is 46.1. The van der Waals surface area contributed by atoms with E-state index in [1.54, 1.807) is 38.1 Å². The summed E-state index contributed by atoms with van der Waals surface area (Å²) >= 11 is 1.24. The number of hydrogen-bond donors (Lipinski definition) is 2. The average Bonchev–Trinajstić information content (AvgIpc) is 3.28. The Morgan fingerprint density at radius 2 is 1.85 bits per heavy atom. The highest BCUT2D eigenvalue weighted by Crippen LogP contribution is 2.40. The number of nitrogens with two attached hydrogens (primary N) is 1. The summed E-state index contributed by atoms with van der Waals surface area (Å²) in [7, 11) is 0. The van der Waals surface area contributed by atoms with Crippen molar-refractivity contribution in [3.63, 3.8) is 0 Å². The first-order chi connectivity index (χ1) is 16.2. The Balaban J connectivity index is 2.00. The van der Waals surface area contributed by atoms with Crippen molar-refractivity contribution >= 4 is 28.9 Å². The van der Waals surface area contributed by atoms with Crippen LogP contribution in [0.3, 0.4) is 0 Å². The van der Waals surface area contributed by atoms with Crippen LogP contribution in [0.5, 0.6) is 5.75 Å². The van der Waals surface area contributed by atoms with E-state index in [0.717, 1.165) is 18.1 Å². The lowest BCUT2D eigenvalue weighted by Gasteiger charge is -2.29. The van der Waals surface area contributed by atoms with Crippen LogP contribution in [0.15, 0.2) is 35.6 Å². The quantitative estimate of drug-likeness (QED) is 0.468. The molecule has 9 nitrogen and oxygen atoms in total. The van der Waals surface area contributed by atoms with Crippen molar-refractivity contribution in [2.75, 3.05) is 32.8 Å². The van der Waals surface area contributed by atoms with Crippen LogP contribution in [-0.2, 0) is 9.59 Å². The summed E-state index contributed by atoms with van der Waals surface area (Å²) in [5.41, 5.74) is 6.39. The number of thiazole rings is 1. The molecule has 0 fully saturated rings. The third kappa shape index (κ3) is 5.28. The number of benzene rings is 1. The standard InChI is InChI=1S/C24H30N4O5S/c1-5-27(6-2)11-12-28-20(16-7-9-17(10-8-16)33-13-18(25)29)19(22(31)24(28)32)21(30)23-14(3)26-15(4)34-23/h7-10,20,31H,5-6,11-13H2,1-4H3,(H2,25,29). The number of aromatic nitrogens is 1. The highest BCUT2D eigenvalue weighted by Gasteiger charge is 2.44. The van der Waals surface area contributed by atoms with Crippen LogP contribution in [0.25, 0.3) is 0 Å². The van der Waals surface area contributed by atoms with E-state index < -0.39 is 29.4 Å². The maximum absolute atomic E-state index is 13.5. The van der Waals surface area contributed by atoms with Crippen molar-refractivity contribution in [3.05, 3.63) is 56.7 Å². The number of rotatable bonds is 11. The van der Waals surface area contributed by atoms with Gasteiger partial charge in [-0.3, -0.25) is 14.4 Å². The van der Waals surface area contributed by atoms with Crippen molar-refractivity contribution < 1.29 is 24.2 Å². The predicted molar refractivity (Wildman–Crippen MR) is 129 cm³/mol. The molecule has 1 aliphatic heterocycles. The molecular formula is C24H30N4O5S. The zero-order valence-corrected chi connectivity index (χ0v) is 20.6. The number of ketones is 1. The summed E-state index contributed by atoms with van der Waals surface area (Å²) in [5, 5.41) is 11.6. The first kappa shape index (κ1) is 25.4. The van der Waals surface area contributed by atoms with Gasteiger partial charge in [0, 0.05) is 13.1 Å². The number of aliphatic hydroxyl groups excluding tert-OH is 1. The first-order valence-electron chi connectivity index (χ1n) is 11.1. The van der Waals surface area contributed by atoms with Crippen LogP contribution in [-0.4, -0.2) is 70.3 Å². The Kier molecular flexibility index (Phi) is 8.06. The van der Waals surface area contributed by atoms with Gasteiger partial charge in [-0.1, -0.05) is 26.0 Å². The van der Waals surface area contributed by atoms with Crippen molar-refractivity contribution in [2.45, 2.75) is 33.7 Å². The third-order valence-electron chi connectivity index (χ3n) is 5.79. The molecule has 1 aromatic carbocycles.